The zero-order valence-corrected chi connectivity index (χ0v) is 9.22. The maximum Gasteiger partial charge on any atom is 0.354 e. The van der Waals surface area contributed by atoms with E-state index in [1.807, 2.05) is 0 Å². The van der Waals surface area contributed by atoms with Gasteiger partial charge in [-0.05, 0) is 25.1 Å². The van der Waals surface area contributed by atoms with E-state index in [0.29, 0.717) is 17.8 Å². The number of halogens is 1. The molecule has 1 aromatic carbocycles. The molecular weight excluding hydrogens is 223 g/mol. The second kappa shape index (κ2) is 4.37. The number of aromatic nitrogens is 2. The van der Waals surface area contributed by atoms with Crippen molar-refractivity contribution >= 4 is 5.97 Å². The van der Waals surface area contributed by atoms with Crippen LogP contribution in [0.1, 0.15) is 17.4 Å². The topological polar surface area (TPSA) is 55.1 Å². The molecule has 5 heteroatoms. The highest BCUT2D eigenvalue weighted by Crippen LogP contribution is 2.22. The molecular formula is C12H11FN2O2. The predicted molar refractivity (Wildman–Crippen MR) is 60.3 cm³/mol. The normalized spacial score (nSPS) is 10.5. The van der Waals surface area contributed by atoms with Crippen LogP contribution in [0.3, 0.4) is 0 Å². The van der Waals surface area contributed by atoms with Crippen molar-refractivity contribution in [3.05, 3.63) is 41.8 Å². The van der Waals surface area contributed by atoms with Gasteiger partial charge in [0.05, 0.1) is 5.69 Å². The highest BCUT2D eigenvalue weighted by molar-refractivity contribution is 5.87. The summed E-state index contributed by atoms with van der Waals surface area (Å²) in [7, 11) is 0. The summed E-state index contributed by atoms with van der Waals surface area (Å²) in [6.45, 7) is 2.21. The molecule has 1 N–H and O–H groups in total. The first-order chi connectivity index (χ1) is 8.13. The van der Waals surface area contributed by atoms with E-state index in [4.69, 9.17) is 5.11 Å². The molecule has 1 aromatic heterocycles. The summed E-state index contributed by atoms with van der Waals surface area (Å²) in [5, 5.41) is 13.0. The van der Waals surface area contributed by atoms with E-state index in [1.54, 1.807) is 25.1 Å². The highest BCUT2D eigenvalue weighted by atomic mass is 19.1. The van der Waals surface area contributed by atoms with E-state index in [1.165, 1.54) is 16.8 Å². The lowest BCUT2D eigenvalue weighted by Gasteiger charge is -1.98. The molecule has 4 nitrogen and oxygen atoms in total. The maximum atomic E-state index is 13.5. The standard InChI is InChI=1S/C12H11FN2O2/c1-2-15-11(12(16)17)7-10(14-15)8-5-3-4-6-9(8)13/h3-7H,2H2,1H3,(H,16,17). The van der Waals surface area contributed by atoms with Gasteiger partial charge in [0.25, 0.3) is 0 Å². The van der Waals surface area contributed by atoms with Crippen molar-refractivity contribution < 1.29 is 14.3 Å². The summed E-state index contributed by atoms with van der Waals surface area (Å²) in [6.07, 6.45) is 0. The fourth-order valence-corrected chi connectivity index (χ4v) is 1.63. The van der Waals surface area contributed by atoms with E-state index in [2.05, 4.69) is 5.10 Å². The van der Waals surface area contributed by atoms with Crippen molar-refractivity contribution in [3.8, 4) is 11.3 Å². The highest BCUT2D eigenvalue weighted by Gasteiger charge is 2.15. The number of aryl methyl sites for hydroxylation is 1. The van der Waals surface area contributed by atoms with Crippen LogP contribution < -0.4 is 0 Å². The van der Waals surface area contributed by atoms with Gasteiger partial charge < -0.3 is 5.11 Å². The maximum absolute atomic E-state index is 13.5. The molecule has 0 saturated carbocycles. The number of carboxylic acid groups (broad SMARTS) is 1. The van der Waals surface area contributed by atoms with Crippen LogP contribution >= 0.6 is 0 Å². The monoisotopic (exact) mass is 234 g/mol. The summed E-state index contributed by atoms with van der Waals surface area (Å²) >= 11 is 0. The fraction of sp³-hybridized carbons (Fsp3) is 0.167. The van der Waals surface area contributed by atoms with Gasteiger partial charge in [0.2, 0.25) is 0 Å². The van der Waals surface area contributed by atoms with Gasteiger partial charge in [-0.15, -0.1) is 0 Å². The molecule has 0 spiro atoms. The molecule has 0 amide bonds. The Balaban J connectivity index is 2.54. The summed E-state index contributed by atoms with van der Waals surface area (Å²) < 4.78 is 14.9. The first-order valence-corrected chi connectivity index (χ1v) is 5.19. The van der Waals surface area contributed by atoms with Gasteiger partial charge in [-0.25, -0.2) is 9.18 Å². The molecule has 0 radical (unpaired) electrons. The smallest absolute Gasteiger partial charge is 0.354 e. The number of carbonyl (C=O) groups is 1. The van der Waals surface area contributed by atoms with Gasteiger partial charge >= 0.3 is 5.97 Å². The van der Waals surface area contributed by atoms with Crippen molar-refractivity contribution in [1.29, 1.82) is 0 Å². The van der Waals surface area contributed by atoms with E-state index < -0.39 is 11.8 Å². The van der Waals surface area contributed by atoms with Crippen LogP contribution in [-0.4, -0.2) is 20.9 Å². The van der Waals surface area contributed by atoms with E-state index in [0.717, 1.165) is 0 Å². The van der Waals surface area contributed by atoms with Gasteiger partial charge in [-0.3, -0.25) is 4.68 Å². The lowest BCUT2D eigenvalue weighted by molar-refractivity contribution is 0.0683. The Morgan fingerprint density at radius 3 is 2.71 bits per heavy atom. The van der Waals surface area contributed by atoms with Gasteiger partial charge in [0, 0.05) is 12.1 Å². The molecule has 0 bridgehead atoms. The lowest BCUT2D eigenvalue weighted by Crippen LogP contribution is -2.08. The third kappa shape index (κ3) is 2.04. The van der Waals surface area contributed by atoms with Gasteiger partial charge in [-0.2, -0.15) is 5.10 Å². The Morgan fingerprint density at radius 1 is 1.47 bits per heavy atom. The van der Waals surface area contributed by atoms with Gasteiger partial charge in [0.1, 0.15) is 11.5 Å². The van der Waals surface area contributed by atoms with Crippen molar-refractivity contribution in [2.75, 3.05) is 0 Å². The molecule has 2 rings (SSSR count). The molecule has 0 saturated heterocycles. The number of rotatable bonds is 3. The molecule has 0 aliphatic heterocycles. The Bertz CT molecular complexity index is 563. The van der Waals surface area contributed by atoms with Crippen LogP contribution in [-0.2, 0) is 6.54 Å². The molecule has 0 aliphatic rings. The molecule has 0 aliphatic carbocycles. The van der Waals surface area contributed by atoms with Crippen molar-refractivity contribution in [2.45, 2.75) is 13.5 Å². The number of benzene rings is 1. The van der Waals surface area contributed by atoms with E-state index in [9.17, 15) is 9.18 Å². The first-order valence-electron chi connectivity index (χ1n) is 5.19. The Morgan fingerprint density at radius 2 is 2.18 bits per heavy atom. The first kappa shape index (κ1) is 11.3. The van der Waals surface area contributed by atoms with Crippen LogP contribution in [0, 0.1) is 5.82 Å². The third-order valence-electron chi connectivity index (χ3n) is 2.45. The molecule has 0 atom stereocenters. The van der Waals surface area contributed by atoms with Crippen molar-refractivity contribution in [2.24, 2.45) is 0 Å². The van der Waals surface area contributed by atoms with E-state index in [-0.39, 0.29) is 5.69 Å². The second-order valence-electron chi connectivity index (χ2n) is 3.52. The number of hydrogen-bond acceptors (Lipinski definition) is 2. The summed E-state index contributed by atoms with van der Waals surface area (Å²) in [4.78, 5) is 11.0. The van der Waals surface area contributed by atoms with Crippen molar-refractivity contribution in [1.82, 2.24) is 9.78 Å². The Hall–Kier alpha value is -2.17. The minimum absolute atomic E-state index is 0.0609. The van der Waals surface area contributed by atoms with Crippen LogP contribution in [0.15, 0.2) is 30.3 Å². The minimum Gasteiger partial charge on any atom is -0.477 e. The Labute approximate surface area is 97.3 Å². The van der Waals surface area contributed by atoms with Crippen LogP contribution in [0.2, 0.25) is 0 Å². The molecule has 1 heterocycles. The minimum atomic E-state index is -1.07. The van der Waals surface area contributed by atoms with E-state index >= 15 is 0 Å². The van der Waals surface area contributed by atoms with Crippen LogP contribution in [0.4, 0.5) is 4.39 Å². The average Bonchev–Trinajstić information content (AvgIpc) is 2.73. The molecule has 17 heavy (non-hydrogen) atoms. The largest absolute Gasteiger partial charge is 0.477 e. The summed E-state index contributed by atoms with van der Waals surface area (Å²) in [6, 6.07) is 7.53. The fourth-order valence-electron chi connectivity index (χ4n) is 1.63. The average molecular weight is 234 g/mol. The third-order valence-corrected chi connectivity index (χ3v) is 2.45. The molecule has 0 unspecified atom stereocenters. The molecule has 88 valence electrons. The van der Waals surface area contributed by atoms with Gasteiger partial charge in [-0.1, -0.05) is 12.1 Å². The van der Waals surface area contributed by atoms with Gasteiger partial charge in [0.15, 0.2) is 0 Å². The SMILES string of the molecule is CCn1nc(-c2ccccc2F)cc1C(=O)O. The lowest BCUT2D eigenvalue weighted by atomic mass is 10.1. The predicted octanol–water partition coefficient (Wildman–Crippen LogP) is 2.41. The number of nitrogens with zero attached hydrogens (tertiary/aromatic N) is 2. The second-order valence-corrected chi connectivity index (χ2v) is 3.52. The number of aromatic carboxylic acids is 1. The van der Waals surface area contributed by atoms with Crippen molar-refractivity contribution in [3.63, 3.8) is 0 Å². The summed E-state index contributed by atoms with van der Waals surface area (Å²) in [5.41, 5.74) is 0.704. The molecule has 0 fully saturated rings. The Kier molecular flexibility index (Phi) is 2.91. The quantitative estimate of drug-likeness (QED) is 0.887. The van der Waals surface area contributed by atoms with Crippen LogP contribution in [0.25, 0.3) is 11.3 Å². The number of carboxylic acids is 1. The zero-order valence-electron chi connectivity index (χ0n) is 9.22. The molecule has 2 aromatic rings. The number of hydrogen-bond donors (Lipinski definition) is 1. The zero-order chi connectivity index (χ0) is 12.4. The van der Waals surface area contributed by atoms with Crippen LogP contribution in [0.5, 0.6) is 0 Å². The summed E-state index contributed by atoms with van der Waals surface area (Å²) in [5.74, 6) is -1.48.